The third-order valence-electron chi connectivity index (χ3n) is 1.26. The smallest absolute Gasteiger partial charge is 0.0911 e. The molecule has 0 aliphatic carbocycles. The van der Waals surface area contributed by atoms with E-state index >= 15 is 0 Å². The van der Waals surface area contributed by atoms with Crippen molar-refractivity contribution in [3.05, 3.63) is 11.8 Å². The molecular weight excluding hydrogens is 102 g/mol. The Kier molecular flexibility index (Phi) is 1.92. The van der Waals surface area contributed by atoms with Gasteiger partial charge >= 0.3 is 0 Å². The van der Waals surface area contributed by atoms with E-state index in [9.17, 15) is 0 Å². The zero-order chi connectivity index (χ0) is 5.82. The van der Waals surface area contributed by atoms with Crippen LogP contribution in [0.1, 0.15) is 12.8 Å². The predicted molar refractivity (Wildman–Crippen MR) is 32.3 cm³/mol. The summed E-state index contributed by atoms with van der Waals surface area (Å²) in [4.78, 5) is 0. The first kappa shape index (κ1) is 5.63. The molecule has 0 aromatic rings. The fourth-order valence-electron chi connectivity index (χ4n) is 0.795. The molecule has 0 atom stereocenters. The van der Waals surface area contributed by atoms with Crippen LogP contribution in [-0.4, -0.2) is 13.2 Å². The summed E-state index contributed by atoms with van der Waals surface area (Å²) in [6.07, 6.45) is 3.91. The molecule has 0 fully saturated rings. The van der Waals surface area contributed by atoms with Gasteiger partial charge in [0.2, 0.25) is 0 Å². The third-order valence-corrected chi connectivity index (χ3v) is 1.26. The van der Waals surface area contributed by atoms with Gasteiger partial charge < -0.3 is 10.5 Å². The summed E-state index contributed by atoms with van der Waals surface area (Å²) < 4.78 is 4.99. The van der Waals surface area contributed by atoms with Crippen molar-refractivity contribution in [2.75, 3.05) is 13.2 Å². The van der Waals surface area contributed by atoms with Gasteiger partial charge in [-0.1, -0.05) is 0 Å². The minimum absolute atomic E-state index is 0.745. The van der Waals surface area contributed by atoms with Gasteiger partial charge in [-0.15, -0.1) is 0 Å². The molecule has 0 aromatic carbocycles. The summed E-state index contributed by atoms with van der Waals surface area (Å²) in [6, 6.07) is 0. The highest BCUT2D eigenvalue weighted by molar-refractivity contribution is 5.01. The van der Waals surface area contributed by atoms with Gasteiger partial charge in [0.15, 0.2) is 0 Å². The Morgan fingerprint density at radius 2 is 2.62 bits per heavy atom. The summed E-state index contributed by atoms with van der Waals surface area (Å²) in [5.41, 5.74) is 6.67. The molecule has 0 spiro atoms. The first-order valence-corrected chi connectivity index (χ1v) is 2.93. The second-order valence-corrected chi connectivity index (χ2v) is 1.94. The van der Waals surface area contributed by atoms with Crippen molar-refractivity contribution in [3.63, 3.8) is 0 Å². The number of ether oxygens (including phenoxy) is 1. The largest absolute Gasteiger partial charge is 0.501 e. The molecule has 0 radical (unpaired) electrons. The van der Waals surface area contributed by atoms with E-state index < -0.39 is 0 Å². The minimum atomic E-state index is 0.745. The first-order chi connectivity index (χ1) is 3.93. The molecule has 1 aliphatic heterocycles. The maximum atomic E-state index is 5.31. The fraction of sp³-hybridized carbons (Fsp3) is 0.667. The summed E-state index contributed by atoms with van der Waals surface area (Å²) >= 11 is 0. The van der Waals surface area contributed by atoms with Gasteiger partial charge in [-0.3, -0.25) is 0 Å². The Labute approximate surface area is 49.3 Å². The average Bonchev–Trinajstić information content (AvgIpc) is 2.19. The number of hydrogen-bond acceptors (Lipinski definition) is 2. The molecule has 2 nitrogen and oxygen atoms in total. The lowest BCUT2D eigenvalue weighted by Crippen LogP contribution is -1.98. The fourth-order valence-corrected chi connectivity index (χ4v) is 0.795. The van der Waals surface area contributed by atoms with Crippen molar-refractivity contribution in [1.82, 2.24) is 0 Å². The van der Waals surface area contributed by atoms with Crippen molar-refractivity contribution in [3.8, 4) is 0 Å². The zero-order valence-electron chi connectivity index (χ0n) is 4.89. The second-order valence-electron chi connectivity index (χ2n) is 1.94. The van der Waals surface area contributed by atoms with E-state index in [-0.39, 0.29) is 0 Å². The van der Waals surface area contributed by atoms with Crippen molar-refractivity contribution < 1.29 is 4.74 Å². The molecular formula is C6H11NO. The van der Waals surface area contributed by atoms with E-state index in [0.717, 1.165) is 26.0 Å². The topological polar surface area (TPSA) is 35.2 Å². The van der Waals surface area contributed by atoms with Gasteiger partial charge in [-0.25, -0.2) is 0 Å². The summed E-state index contributed by atoms with van der Waals surface area (Å²) in [5, 5.41) is 0. The van der Waals surface area contributed by atoms with Crippen LogP contribution in [0.4, 0.5) is 0 Å². The summed E-state index contributed by atoms with van der Waals surface area (Å²) in [6.45, 7) is 1.60. The van der Waals surface area contributed by atoms with Crippen LogP contribution in [0.25, 0.3) is 0 Å². The van der Waals surface area contributed by atoms with Crippen LogP contribution in [0.3, 0.4) is 0 Å². The SMILES string of the molecule is NCCC1=COCC1. The lowest BCUT2D eigenvalue weighted by atomic mass is 10.2. The Morgan fingerprint density at radius 1 is 1.75 bits per heavy atom. The predicted octanol–water partition coefficient (Wildman–Crippen LogP) is 0.639. The molecule has 2 N–H and O–H groups in total. The van der Waals surface area contributed by atoms with Gasteiger partial charge in [0.05, 0.1) is 12.9 Å². The van der Waals surface area contributed by atoms with Crippen LogP contribution in [0, 0.1) is 0 Å². The Bertz CT molecular complexity index is 98.7. The maximum Gasteiger partial charge on any atom is 0.0911 e. The molecule has 0 saturated heterocycles. The standard InChI is InChI=1S/C6H11NO/c7-3-1-6-2-4-8-5-6/h5H,1-4,7H2. The highest BCUT2D eigenvalue weighted by atomic mass is 16.5. The minimum Gasteiger partial charge on any atom is -0.501 e. The molecule has 46 valence electrons. The van der Waals surface area contributed by atoms with Gasteiger partial charge in [-0.05, 0) is 18.5 Å². The van der Waals surface area contributed by atoms with E-state index in [2.05, 4.69) is 0 Å². The normalized spacial score (nSPS) is 17.9. The number of hydrogen-bond donors (Lipinski definition) is 1. The highest BCUT2D eigenvalue weighted by Crippen LogP contribution is 2.12. The molecule has 0 bridgehead atoms. The van der Waals surface area contributed by atoms with Crippen LogP contribution in [0.2, 0.25) is 0 Å². The second kappa shape index (κ2) is 2.72. The van der Waals surface area contributed by atoms with Crippen LogP contribution in [0.15, 0.2) is 11.8 Å². The van der Waals surface area contributed by atoms with Crippen LogP contribution in [0.5, 0.6) is 0 Å². The van der Waals surface area contributed by atoms with Crippen molar-refractivity contribution in [1.29, 1.82) is 0 Å². The van der Waals surface area contributed by atoms with Crippen molar-refractivity contribution >= 4 is 0 Å². The molecule has 2 heteroatoms. The molecule has 0 aromatic heterocycles. The quantitative estimate of drug-likeness (QED) is 0.570. The van der Waals surface area contributed by atoms with E-state index in [1.165, 1.54) is 5.57 Å². The third kappa shape index (κ3) is 1.23. The molecule has 0 amide bonds. The van der Waals surface area contributed by atoms with Gasteiger partial charge in [-0.2, -0.15) is 0 Å². The van der Waals surface area contributed by atoms with Crippen LogP contribution in [-0.2, 0) is 4.74 Å². The first-order valence-electron chi connectivity index (χ1n) is 2.93. The van der Waals surface area contributed by atoms with E-state index in [1.807, 2.05) is 6.26 Å². The summed E-state index contributed by atoms with van der Waals surface area (Å²) in [5.74, 6) is 0. The molecule has 1 aliphatic rings. The number of nitrogens with two attached hydrogens (primary N) is 1. The van der Waals surface area contributed by atoms with E-state index in [4.69, 9.17) is 10.5 Å². The Morgan fingerprint density at radius 3 is 3.12 bits per heavy atom. The lowest BCUT2D eigenvalue weighted by molar-refractivity contribution is 0.281. The van der Waals surface area contributed by atoms with E-state index in [1.54, 1.807) is 0 Å². The monoisotopic (exact) mass is 113 g/mol. The van der Waals surface area contributed by atoms with Gasteiger partial charge in [0.25, 0.3) is 0 Å². The molecule has 1 heterocycles. The molecule has 0 saturated carbocycles. The molecule has 1 rings (SSSR count). The van der Waals surface area contributed by atoms with Crippen molar-refractivity contribution in [2.24, 2.45) is 5.73 Å². The van der Waals surface area contributed by atoms with Gasteiger partial charge in [0, 0.05) is 6.42 Å². The lowest BCUT2D eigenvalue weighted by Gasteiger charge is -1.90. The molecule has 8 heavy (non-hydrogen) atoms. The van der Waals surface area contributed by atoms with Crippen LogP contribution < -0.4 is 5.73 Å². The van der Waals surface area contributed by atoms with Crippen LogP contribution >= 0.6 is 0 Å². The average molecular weight is 113 g/mol. The van der Waals surface area contributed by atoms with Crippen molar-refractivity contribution in [2.45, 2.75) is 12.8 Å². The molecule has 0 unspecified atom stereocenters. The Hall–Kier alpha value is -0.500. The van der Waals surface area contributed by atoms with E-state index in [0.29, 0.717) is 0 Å². The summed E-state index contributed by atoms with van der Waals surface area (Å²) in [7, 11) is 0. The van der Waals surface area contributed by atoms with Gasteiger partial charge in [0.1, 0.15) is 0 Å². The number of rotatable bonds is 2. The highest BCUT2D eigenvalue weighted by Gasteiger charge is 2.02. The Balaban J connectivity index is 2.23. The maximum absolute atomic E-state index is 5.31. The zero-order valence-corrected chi connectivity index (χ0v) is 4.89.